The summed E-state index contributed by atoms with van der Waals surface area (Å²) in [6, 6.07) is 9.14. The largest absolute Gasteiger partial charge is 0.381 e. The molecule has 5 nitrogen and oxygen atoms in total. The topological polar surface area (TPSA) is 81.4 Å². The lowest BCUT2D eigenvalue weighted by atomic mass is 10.1. The summed E-state index contributed by atoms with van der Waals surface area (Å²) >= 11 is 0. The van der Waals surface area contributed by atoms with Crippen LogP contribution in [0, 0.1) is 5.92 Å². The molecule has 1 heterocycles. The average molecular weight is 284 g/mol. The lowest BCUT2D eigenvalue weighted by Gasteiger charge is -2.14. The highest BCUT2D eigenvalue weighted by atomic mass is 32.2. The van der Waals surface area contributed by atoms with Crippen molar-refractivity contribution in [3.8, 4) is 0 Å². The van der Waals surface area contributed by atoms with E-state index in [0.29, 0.717) is 13.2 Å². The standard InChI is InChI=1S/C13H20N2O3S/c14-13(12-4-2-1-3-5-12)8-15-19(16,17)10-11-6-7-18-9-11/h1-5,11,13,15H,6-10,14H2. The van der Waals surface area contributed by atoms with Crippen LogP contribution in [0.15, 0.2) is 30.3 Å². The molecule has 2 atom stereocenters. The van der Waals surface area contributed by atoms with Crippen molar-refractivity contribution in [2.75, 3.05) is 25.5 Å². The van der Waals surface area contributed by atoms with Crippen LogP contribution < -0.4 is 10.5 Å². The number of ether oxygens (including phenoxy) is 1. The highest BCUT2D eigenvalue weighted by Crippen LogP contribution is 2.14. The minimum absolute atomic E-state index is 0.102. The number of rotatable bonds is 6. The Labute approximate surface area is 114 Å². The third kappa shape index (κ3) is 4.58. The Hall–Kier alpha value is -0.950. The van der Waals surface area contributed by atoms with E-state index in [2.05, 4.69) is 4.72 Å². The normalized spacial score (nSPS) is 21.4. The lowest BCUT2D eigenvalue weighted by molar-refractivity contribution is 0.188. The zero-order valence-electron chi connectivity index (χ0n) is 10.8. The summed E-state index contributed by atoms with van der Waals surface area (Å²) in [5.74, 6) is 0.222. The third-order valence-corrected chi connectivity index (χ3v) is 4.75. The van der Waals surface area contributed by atoms with Gasteiger partial charge in [0.1, 0.15) is 0 Å². The van der Waals surface area contributed by atoms with Crippen molar-refractivity contribution in [1.82, 2.24) is 4.72 Å². The predicted octanol–water partition coefficient (Wildman–Crippen LogP) is 0.642. The van der Waals surface area contributed by atoms with Crippen LogP contribution in [0.2, 0.25) is 0 Å². The first-order chi connectivity index (χ1) is 9.07. The van der Waals surface area contributed by atoms with Crippen LogP contribution in [0.4, 0.5) is 0 Å². The number of hydrogen-bond acceptors (Lipinski definition) is 4. The zero-order chi connectivity index (χ0) is 13.7. The van der Waals surface area contributed by atoms with Gasteiger partial charge in [0, 0.05) is 19.2 Å². The van der Waals surface area contributed by atoms with Crippen LogP contribution in [-0.2, 0) is 14.8 Å². The summed E-state index contributed by atoms with van der Waals surface area (Å²) in [7, 11) is -3.28. The molecule has 1 fully saturated rings. The molecule has 1 aliphatic rings. The van der Waals surface area contributed by atoms with Gasteiger partial charge in [-0.25, -0.2) is 13.1 Å². The van der Waals surface area contributed by atoms with E-state index in [4.69, 9.17) is 10.5 Å². The van der Waals surface area contributed by atoms with E-state index in [-0.39, 0.29) is 24.3 Å². The number of benzene rings is 1. The van der Waals surface area contributed by atoms with Crippen molar-refractivity contribution in [1.29, 1.82) is 0 Å². The fourth-order valence-electron chi connectivity index (χ4n) is 2.12. The quantitative estimate of drug-likeness (QED) is 0.803. The number of hydrogen-bond donors (Lipinski definition) is 2. The summed E-state index contributed by atoms with van der Waals surface area (Å²) < 4.78 is 31.6. The maximum Gasteiger partial charge on any atom is 0.212 e. The molecular weight excluding hydrogens is 264 g/mol. The molecule has 0 spiro atoms. The van der Waals surface area contributed by atoms with Gasteiger partial charge >= 0.3 is 0 Å². The van der Waals surface area contributed by atoms with Gasteiger partial charge in [0.15, 0.2) is 0 Å². The first-order valence-corrected chi connectivity index (χ1v) is 8.07. The SMILES string of the molecule is NC(CNS(=O)(=O)CC1CCOC1)c1ccccc1. The second kappa shape index (κ2) is 6.47. The average Bonchev–Trinajstić information content (AvgIpc) is 2.89. The van der Waals surface area contributed by atoms with E-state index in [9.17, 15) is 8.42 Å². The Morgan fingerprint density at radius 1 is 1.37 bits per heavy atom. The number of sulfonamides is 1. The van der Waals surface area contributed by atoms with Gasteiger partial charge < -0.3 is 10.5 Å². The van der Waals surface area contributed by atoms with Crippen molar-refractivity contribution in [3.63, 3.8) is 0 Å². The highest BCUT2D eigenvalue weighted by Gasteiger charge is 2.23. The summed E-state index contributed by atoms with van der Waals surface area (Å²) in [5, 5.41) is 0. The number of nitrogens with one attached hydrogen (secondary N) is 1. The molecule has 0 bridgehead atoms. The maximum absolute atomic E-state index is 11.9. The van der Waals surface area contributed by atoms with Crippen LogP contribution >= 0.6 is 0 Å². The van der Waals surface area contributed by atoms with Gasteiger partial charge in [-0.3, -0.25) is 0 Å². The lowest BCUT2D eigenvalue weighted by Crippen LogP contribution is -2.35. The van der Waals surface area contributed by atoms with Gasteiger partial charge in [-0.2, -0.15) is 0 Å². The summed E-state index contributed by atoms with van der Waals surface area (Å²) in [4.78, 5) is 0. The summed E-state index contributed by atoms with van der Waals surface area (Å²) in [6.07, 6.45) is 0.811. The highest BCUT2D eigenvalue weighted by molar-refractivity contribution is 7.89. The Kier molecular flexibility index (Phi) is 4.93. The molecule has 0 radical (unpaired) electrons. The first kappa shape index (κ1) is 14.5. The van der Waals surface area contributed by atoms with E-state index >= 15 is 0 Å². The molecular formula is C13H20N2O3S. The fourth-order valence-corrected chi connectivity index (χ4v) is 3.55. The van der Waals surface area contributed by atoms with Crippen molar-refractivity contribution in [2.24, 2.45) is 11.7 Å². The maximum atomic E-state index is 11.9. The predicted molar refractivity (Wildman–Crippen MR) is 74.1 cm³/mol. The molecule has 1 aromatic carbocycles. The van der Waals surface area contributed by atoms with E-state index in [1.165, 1.54) is 0 Å². The molecule has 2 unspecified atom stereocenters. The molecule has 0 saturated carbocycles. The van der Waals surface area contributed by atoms with Gasteiger partial charge in [0.05, 0.1) is 12.4 Å². The van der Waals surface area contributed by atoms with Crippen molar-refractivity contribution < 1.29 is 13.2 Å². The molecule has 0 aromatic heterocycles. The van der Waals surface area contributed by atoms with Crippen LogP contribution in [0.5, 0.6) is 0 Å². The number of nitrogens with two attached hydrogens (primary N) is 1. The van der Waals surface area contributed by atoms with E-state index in [1.54, 1.807) is 0 Å². The summed E-state index contributed by atoms with van der Waals surface area (Å²) in [5.41, 5.74) is 6.88. The molecule has 106 valence electrons. The van der Waals surface area contributed by atoms with Crippen LogP contribution in [0.1, 0.15) is 18.0 Å². The minimum Gasteiger partial charge on any atom is -0.381 e. The van der Waals surface area contributed by atoms with E-state index in [0.717, 1.165) is 12.0 Å². The van der Waals surface area contributed by atoms with Crippen LogP contribution in [-0.4, -0.2) is 33.9 Å². The van der Waals surface area contributed by atoms with Gasteiger partial charge in [-0.05, 0) is 17.9 Å². The van der Waals surface area contributed by atoms with E-state index < -0.39 is 10.0 Å². The van der Waals surface area contributed by atoms with Crippen molar-refractivity contribution >= 4 is 10.0 Å². The molecule has 1 aliphatic heterocycles. The Morgan fingerprint density at radius 3 is 2.74 bits per heavy atom. The Morgan fingerprint density at radius 2 is 2.11 bits per heavy atom. The molecule has 2 rings (SSSR count). The van der Waals surface area contributed by atoms with Gasteiger partial charge in [-0.1, -0.05) is 30.3 Å². The smallest absolute Gasteiger partial charge is 0.212 e. The third-order valence-electron chi connectivity index (χ3n) is 3.23. The van der Waals surface area contributed by atoms with Crippen molar-refractivity contribution in [3.05, 3.63) is 35.9 Å². The molecule has 0 amide bonds. The van der Waals surface area contributed by atoms with Crippen LogP contribution in [0.25, 0.3) is 0 Å². The molecule has 0 aliphatic carbocycles. The molecule has 3 N–H and O–H groups in total. The zero-order valence-corrected chi connectivity index (χ0v) is 11.6. The molecule has 6 heteroatoms. The second-order valence-electron chi connectivity index (χ2n) is 4.88. The van der Waals surface area contributed by atoms with Crippen LogP contribution in [0.3, 0.4) is 0 Å². The minimum atomic E-state index is -3.28. The first-order valence-electron chi connectivity index (χ1n) is 6.42. The van der Waals surface area contributed by atoms with E-state index in [1.807, 2.05) is 30.3 Å². The monoisotopic (exact) mass is 284 g/mol. The van der Waals surface area contributed by atoms with Gasteiger partial charge in [-0.15, -0.1) is 0 Å². The summed E-state index contributed by atoms with van der Waals surface area (Å²) in [6.45, 7) is 1.41. The van der Waals surface area contributed by atoms with Gasteiger partial charge in [0.2, 0.25) is 10.0 Å². The second-order valence-corrected chi connectivity index (χ2v) is 6.73. The Bertz CT molecular complexity index is 484. The molecule has 1 saturated heterocycles. The Balaban J connectivity index is 1.83. The molecule has 1 aromatic rings. The van der Waals surface area contributed by atoms with Crippen molar-refractivity contribution in [2.45, 2.75) is 12.5 Å². The molecule has 19 heavy (non-hydrogen) atoms. The van der Waals surface area contributed by atoms with Gasteiger partial charge in [0.25, 0.3) is 0 Å². The fraction of sp³-hybridized carbons (Fsp3) is 0.538.